The van der Waals surface area contributed by atoms with Gasteiger partial charge in [-0.2, -0.15) is 0 Å². The van der Waals surface area contributed by atoms with Crippen LogP contribution < -0.4 is 4.90 Å². The number of ketones is 1. The molecule has 0 saturated carbocycles. The number of piperidine rings is 1. The van der Waals surface area contributed by atoms with Crippen molar-refractivity contribution >= 4 is 28.1 Å². The first-order chi connectivity index (χ1) is 13.9. The summed E-state index contributed by atoms with van der Waals surface area (Å²) in [4.78, 5) is 30.1. The summed E-state index contributed by atoms with van der Waals surface area (Å²) in [6.07, 6.45) is 1.35. The highest BCUT2D eigenvalue weighted by Crippen LogP contribution is 2.33. The number of carbonyl (C=O) groups excluding carboxylic acids is 1. The smallest absolute Gasteiger partial charge is 0.270 e. The van der Waals surface area contributed by atoms with Gasteiger partial charge in [-0.1, -0.05) is 0 Å². The summed E-state index contributed by atoms with van der Waals surface area (Å²) in [5.74, 6) is -0.429. The highest BCUT2D eigenvalue weighted by molar-refractivity contribution is 5.98. The van der Waals surface area contributed by atoms with Crippen LogP contribution in [0.4, 0.5) is 15.8 Å². The van der Waals surface area contributed by atoms with Gasteiger partial charge in [-0.25, -0.2) is 4.39 Å². The number of hydrogen-bond acceptors (Lipinski definition) is 5. The van der Waals surface area contributed by atoms with E-state index >= 15 is 0 Å². The van der Waals surface area contributed by atoms with Crippen molar-refractivity contribution in [1.82, 2.24) is 4.98 Å². The largest absolute Gasteiger partial charge is 0.371 e. The number of pyridine rings is 1. The van der Waals surface area contributed by atoms with Gasteiger partial charge in [0.25, 0.3) is 5.69 Å². The van der Waals surface area contributed by atoms with Crippen molar-refractivity contribution in [2.45, 2.75) is 19.8 Å². The molecular formula is C22H20FN3O3. The van der Waals surface area contributed by atoms with Gasteiger partial charge in [-0.15, -0.1) is 0 Å². The van der Waals surface area contributed by atoms with Gasteiger partial charge in [-0.05, 0) is 56.2 Å². The molecular weight excluding hydrogens is 373 g/mol. The van der Waals surface area contributed by atoms with Crippen LogP contribution in [0.15, 0.2) is 48.5 Å². The van der Waals surface area contributed by atoms with E-state index in [1.807, 2.05) is 13.0 Å². The zero-order valence-electron chi connectivity index (χ0n) is 16.0. The minimum absolute atomic E-state index is 0.0331. The van der Waals surface area contributed by atoms with E-state index in [9.17, 15) is 19.3 Å². The second-order valence-corrected chi connectivity index (χ2v) is 7.37. The second-order valence-electron chi connectivity index (χ2n) is 7.37. The number of halogens is 1. The Kier molecular flexibility index (Phi) is 4.96. The molecule has 0 amide bonds. The van der Waals surface area contributed by atoms with Gasteiger partial charge in [0.15, 0.2) is 5.78 Å². The number of carbonyl (C=O) groups is 1. The van der Waals surface area contributed by atoms with Crippen LogP contribution in [0.1, 0.15) is 28.9 Å². The lowest BCUT2D eigenvalue weighted by atomic mass is 9.88. The molecule has 29 heavy (non-hydrogen) atoms. The topological polar surface area (TPSA) is 76.3 Å². The molecule has 0 atom stereocenters. The summed E-state index contributed by atoms with van der Waals surface area (Å²) >= 11 is 0. The third kappa shape index (κ3) is 3.81. The van der Waals surface area contributed by atoms with Crippen LogP contribution in [-0.2, 0) is 0 Å². The zero-order valence-corrected chi connectivity index (χ0v) is 16.0. The van der Waals surface area contributed by atoms with E-state index in [0.717, 1.165) is 22.3 Å². The quantitative estimate of drug-likeness (QED) is 0.365. The van der Waals surface area contributed by atoms with Crippen molar-refractivity contribution in [2.75, 3.05) is 18.0 Å². The molecule has 0 N–H and O–H groups in total. The average molecular weight is 393 g/mol. The Morgan fingerprint density at radius 3 is 2.48 bits per heavy atom. The van der Waals surface area contributed by atoms with E-state index in [1.165, 1.54) is 30.3 Å². The average Bonchev–Trinajstić information content (AvgIpc) is 2.73. The highest BCUT2D eigenvalue weighted by Gasteiger charge is 2.27. The molecule has 0 bridgehead atoms. The molecule has 1 saturated heterocycles. The lowest BCUT2D eigenvalue weighted by Gasteiger charge is -2.33. The number of aromatic nitrogens is 1. The Morgan fingerprint density at radius 2 is 1.83 bits per heavy atom. The van der Waals surface area contributed by atoms with Crippen LogP contribution in [0, 0.1) is 28.8 Å². The van der Waals surface area contributed by atoms with E-state index in [1.54, 1.807) is 12.1 Å². The maximum atomic E-state index is 13.1. The minimum Gasteiger partial charge on any atom is -0.371 e. The molecule has 1 aromatic heterocycles. The molecule has 0 spiro atoms. The summed E-state index contributed by atoms with van der Waals surface area (Å²) in [7, 11) is 0. The molecule has 3 aromatic rings. The second kappa shape index (κ2) is 7.58. The number of nitro groups is 1. The number of nitrogens with zero attached hydrogens (tertiary/aromatic N) is 3. The monoisotopic (exact) mass is 393 g/mol. The fraction of sp³-hybridized carbons (Fsp3) is 0.273. The Bertz CT molecular complexity index is 1090. The number of aryl methyl sites for hydroxylation is 1. The molecule has 1 fully saturated rings. The molecule has 6 nitrogen and oxygen atoms in total. The van der Waals surface area contributed by atoms with Crippen LogP contribution in [-0.4, -0.2) is 28.8 Å². The normalized spacial score (nSPS) is 14.9. The van der Waals surface area contributed by atoms with Crippen LogP contribution in [0.2, 0.25) is 0 Å². The van der Waals surface area contributed by atoms with Crippen molar-refractivity contribution in [3.8, 4) is 0 Å². The van der Waals surface area contributed by atoms with Gasteiger partial charge in [0.2, 0.25) is 0 Å². The van der Waals surface area contributed by atoms with Crippen molar-refractivity contribution in [3.05, 3.63) is 75.7 Å². The molecule has 0 aliphatic carbocycles. The molecule has 1 aliphatic rings. The van der Waals surface area contributed by atoms with Crippen molar-refractivity contribution in [1.29, 1.82) is 0 Å². The zero-order chi connectivity index (χ0) is 20.5. The van der Waals surface area contributed by atoms with Gasteiger partial charge in [0.05, 0.1) is 10.4 Å². The first kappa shape index (κ1) is 19.0. The molecule has 2 heterocycles. The molecule has 4 rings (SSSR count). The lowest BCUT2D eigenvalue weighted by Crippen LogP contribution is -2.36. The fourth-order valence-corrected chi connectivity index (χ4v) is 3.93. The Balaban J connectivity index is 1.57. The van der Waals surface area contributed by atoms with Crippen LogP contribution >= 0.6 is 0 Å². The molecule has 7 heteroatoms. The van der Waals surface area contributed by atoms with E-state index in [-0.39, 0.29) is 23.2 Å². The van der Waals surface area contributed by atoms with Gasteiger partial charge >= 0.3 is 0 Å². The number of rotatable bonds is 4. The molecule has 2 aromatic carbocycles. The molecule has 148 valence electrons. The predicted octanol–water partition coefficient (Wildman–Crippen LogP) is 4.69. The number of nitro benzene ring substituents is 1. The van der Waals surface area contributed by atoms with Crippen molar-refractivity contribution < 1.29 is 14.1 Å². The Morgan fingerprint density at radius 1 is 1.14 bits per heavy atom. The number of anilines is 1. The highest BCUT2D eigenvalue weighted by atomic mass is 19.1. The fourth-order valence-electron chi connectivity index (χ4n) is 3.93. The van der Waals surface area contributed by atoms with Crippen LogP contribution in [0.5, 0.6) is 0 Å². The predicted molar refractivity (Wildman–Crippen MR) is 109 cm³/mol. The molecule has 0 unspecified atom stereocenters. The number of hydrogen-bond donors (Lipinski definition) is 0. The number of Topliss-reactive ketones (excluding diaryl/α,β-unsaturated/α-hetero) is 1. The van der Waals surface area contributed by atoms with Crippen molar-refractivity contribution in [3.63, 3.8) is 0 Å². The van der Waals surface area contributed by atoms with Gasteiger partial charge in [0.1, 0.15) is 5.82 Å². The van der Waals surface area contributed by atoms with Crippen LogP contribution in [0.3, 0.4) is 0 Å². The summed E-state index contributed by atoms with van der Waals surface area (Å²) in [6.45, 7) is 3.23. The minimum atomic E-state index is -0.406. The van der Waals surface area contributed by atoms with Gasteiger partial charge in [0, 0.05) is 53.5 Å². The van der Waals surface area contributed by atoms with E-state index < -0.39 is 4.92 Å². The standard InChI is InChI=1S/C22H20FN3O3/c1-14-12-21(19-13-18(26(28)29)6-7-20(19)24-14)25-10-8-16(9-11-25)22(27)15-2-4-17(23)5-3-15/h2-7,12-13,16H,8-11H2,1H3. The third-order valence-corrected chi connectivity index (χ3v) is 5.44. The van der Waals surface area contributed by atoms with Crippen LogP contribution in [0.25, 0.3) is 10.9 Å². The SMILES string of the molecule is Cc1cc(N2CCC(C(=O)c3ccc(F)cc3)CC2)c2cc([N+](=O)[O-])ccc2n1. The summed E-state index contributed by atoms with van der Waals surface area (Å²) < 4.78 is 13.1. The summed E-state index contributed by atoms with van der Waals surface area (Å²) in [5.41, 5.74) is 3.03. The molecule has 0 radical (unpaired) electrons. The Labute approximate surface area is 167 Å². The van der Waals surface area contributed by atoms with Gasteiger partial charge in [-0.3, -0.25) is 19.9 Å². The maximum absolute atomic E-state index is 13.1. The third-order valence-electron chi connectivity index (χ3n) is 5.44. The lowest BCUT2D eigenvalue weighted by molar-refractivity contribution is -0.384. The first-order valence-electron chi connectivity index (χ1n) is 9.53. The van der Waals surface area contributed by atoms with Gasteiger partial charge < -0.3 is 4.90 Å². The van der Waals surface area contributed by atoms with E-state index in [0.29, 0.717) is 31.5 Å². The number of fused-ring (bicyclic) bond motifs is 1. The first-order valence-corrected chi connectivity index (χ1v) is 9.53. The number of benzene rings is 2. The van der Waals surface area contributed by atoms with Crippen molar-refractivity contribution in [2.24, 2.45) is 5.92 Å². The number of non-ortho nitro benzene ring substituents is 1. The maximum Gasteiger partial charge on any atom is 0.270 e. The van der Waals surface area contributed by atoms with E-state index in [2.05, 4.69) is 9.88 Å². The Hall–Kier alpha value is -3.35. The summed E-state index contributed by atoms with van der Waals surface area (Å²) in [6, 6.07) is 12.3. The van der Waals surface area contributed by atoms with E-state index in [4.69, 9.17) is 0 Å². The summed E-state index contributed by atoms with van der Waals surface area (Å²) in [5, 5.41) is 11.9. The molecule has 1 aliphatic heterocycles.